The summed E-state index contributed by atoms with van der Waals surface area (Å²) in [6.07, 6.45) is 0. The molecule has 0 heterocycles. The van der Waals surface area contributed by atoms with E-state index in [-0.39, 0.29) is 5.97 Å². The Morgan fingerprint density at radius 2 is 1.42 bits per heavy atom. The van der Waals surface area contributed by atoms with Gasteiger partial charge in [-0.2, -0.15) is 0 Å². The lowest BCUT2D eigenvalue weighted by molar-refractivity contribution is 0.0601. The summed E-state index contributed by atoms with van der Waals surface area (Å²) in [5.74, 6) is -0.318. The summed E-state index contributed by atoms with van der Waals surface area (Å²) in [6, 6.07) is 15.5. The lowest BCUT2D eigenvalue weighted by Gasteiger charge is -2.05. The molecule has 0 saturated carbocycles. The zero-order chi connectivity index (χ0) is 13.7. The highest BCUT2D eigenvalue weighted by atomic mass is 16.5. The SMILES string of the molecule is COCc1ccc(-c2ccc(C(=O)OC)cc2)cc1. The van der Waals surface area contributed by atoms with Gasteiger partial charge in [0.05, 0.1) is 19.3 Å². The number of carbonyl (C=O) groups is 1. The highest BCUT2D eigenvalue weighted by molar-refractivity contribution is 5.89. The van der Waals surface area contributed by atoms with Crippen LogP contribution >= 0.6 is 0 Å². The number of hydrogen-bond donors (Lipinski definition) is 0. The minimum atomic E-state index is -0.318. The van der Waals surface area contributed by atoms with Crippen molar-refractivity contribution in [3.8, 4) is 11.1 Å². The van der Waals surface area contributed by atoms with Gasteiger partial charge in [0.25, 0.3) is 0 Å². The molecule has 3 nitrogen and oxygen atoms in total. The van der Waals surface area contributed by atoms with E-state index in [9.17, 15) is 4.79 Å². The molecule has 3 heteroatoms. The van der Waals surface area contributed by atoms with E-state index in [2.05, 4.69) is 4.74 Å². The first-order chi connectivity index (χ1) is 9.24. The quantitative estimate of drug-likeness (QED) is 0.787. The summed E-state index contributed by atoms with van der Waals surface area (Å²) >= 11 is 0. The van der Waals surface area contributed by atoms with Gasteiger partial charge in [-0.15, -0.1) is 0 Å². The minimum absolute atomic E-state index is 0.318. The van der Waals surface area contributed by atoms with E-state index in [0.29, 0.717) is 12.2 Å². The number of hydrogen-bond acceptors (Lipinski definition) is 3. The Balaban J connectivity index is 2.19. The van der Waals surface area contributed by atoms with Crippen LogP contribution in [0, 0.1) is 0 Å². The van der Waals surface area contributed by atoms with E-state index in [4.69, 9.17) is 4.74 Å². The number of esters is 1. The second kappa shape index (κ2) is 6.16. The van der Waals surface area contributed by atoms with Crippen LogP contribution in [-0.2, 0) is 16.1 Å². The molecule has 0 aliphatic heterocycles. The van der Waals surface area contributed by atoms with Gasteiger partial charge in [-0.05, 0) is 28.8 Å². The van der Waals surface area contributed by atoms with Crippen molar-refractivity contribution in [3.05, 3.63) is 59.7 Å². The summed E-state index contributed by atoms with van der Waals surface area (Å²) in [4.78, 5) is 11.3. The van der Waals surface area contributed by atoms with Gasteiger partial charge in [0.1, 0.15) is 0 Å². The normalized spacial score (nSPS) is 10.2. The maximum atomic E-state index is 11.3. The van der Waals surface area contributed by atoms with Crippen LogP contribution in [0.1, 0.15) is 15.9 Å². The van der Waals surface area contributed by atoms with Gasteiger partial charge >= 0.3 is 5.97 Å². The molecule has 2 rings (SSSR count). The van der Waals surface area contributed by atoms with Gasteiger partial charge in [0.15, 0.2) is 0 Å². The topological polar surface area (TPSA) is 35.5 Å². The molecule has 0 saturated heterocycles. The number of benzene rings is 2. The van der Waals surface area contributed by atoms with Crippen molar-refractivity contribution in [3.63, 3.8) is 0 Å². The Morgan fingerprint density at radius 1 is 0.895 bits per heavy atom. The molecule has 0 unspecified atom stereocenters. The van der Waals surface area contributed by atoms with Crippen molar-refractivity contribution in [1.29, 1.82) is 0 Å². The molecule has 0 spiro atoms. The first kappa shape index (κ1) is 13.3. The maximum absolute atomic E-state index is 11.3. The van der Waals surface area contributed by atoms with Gasteiger partial charge in [0.2, 0.25) is 0 Å². The van der Waals surface area contributed by atoms with Crippen LogP contribution in [0.4, 0.5) is 0 Å². The summed E-state index contributed by atoms with van der Waals surface area (Å²) < 4.78 is 9.75. The molecule has 0 amide bonds. The lowest BCUT2D eigenvalue weighted by atomic mass is 10.0. The first-order valence-electron chi connectivity index (χ1n) is 6.01. The predicted molar refractivity (Wildman–Crippen MR) is 73.9 cm³/mol. The zero-order valence-corrected chi connectivity index (χ0v) is 11.1. The van der Waals surface area contributed by atoms with E-state index >= 15 is 0 Å². The summed E-state index contributed by atoms with van der Waals surface area (Å²) in [5.41, 5.74) is 3.87. The van der Waals surface area contributed by atoms with Crippen LogP contribution in [0.3, 0.4) is 0 Å². The highest BCUT2D eigenvalue weighted by Crippen LogP contribution is 2.20. The van der Waals surface area contributed by atoms with E-state index in [1.807, 2.05) is 36.4 Å². The van der Waals surface area contributed by atoms with Crippen LogP contribution in [0.2, 0.25) is 0 Å². The fourth-order valence-electron chi connectivity index (χ4n) is 1.88. The van der Waals surface area contributed by atoms with Crippen LogP contribution in [0.15, 0.2) is 48.5 Å². The van der Waals surface area contributed by atoms with Gasteiger partial charge < -0.3 is 9.47 Å². The smallest absolute Gasteiger partial charge is 0.337 e. The Kier molecular flexibility index (Phi) is 4.31. The molecule has 0 atom stereocenters. The third-order valence-corrected chi connectivity index (χ3v) is 2.90. The second-order valence-electron chi connectivity index (χ2n) is 4.20. The molecule has 0 aliphatic carbocycles. The predicted octanol–water partition coefficient (Wildman–Crippen LogP) is 3.29. The van der Waals surface area contributed by atoms with E-state index < -0.39 is 0 Å². The largest absolute Gasteiger partial charge is 0.465 e. The molecule has 2 aromatic rings. The highest BCUT2D eigenvalue weighted by Gasteiger charge is 2.05. The van der Waals surface area contributed by atoms with Crippen molar-refractivity contribution in [2.75, 3.05) is 14.2 Å². The molecule has 0 radical (unpaired) electrons. The third kappa shape index (κ3) is 3.20. The molecule has 2 aromatic carbocycles. The average molecular weight is 256 g/mol. The third-order valence-electron chi connectivity index (χ3n) is 2.90. The standard InChI is InChI=1S/C16H16O3/c1-18-11-12-3-5-13(6-4-12)14-7-9-15(10-8-14)16(17)19-2/h3-10H,11H2,1-2H3. The zero-order valence-electron chi connectivity index (χ0n) is 11.1. The van der Waals surface area contributed by atoms with E-state index in [1.54, 1.807) is 19.2 Å². The van der Waals surface area contributed by atoms with Crippen molar-refractivity contribution in [2.45, 2.75) is 6.61 Å². The van der Waals surface area contributed by atoms with Crippen molar-refractivity contribution in [1.82, 2.24) is 0 Å². The Labute approximate surface area is 112 Å². The summed E-state index contributed by atoms with van der Waals surface area (Å²) in [6.45, 7) is 0.613. The fraction of sp³-hybridized carbons (Fsp3) is 0.188. The van der Waals surface area contributed by atoms with Gasteiger partial charge in [-0.1, -0.05) is 36.4 Å². The molecular formula is C16H16O3. The van der Waals surface area contributed by atoms with Crippen LogP contribution in [-0.4, -0.2) is 20.2 Å². The molecular weight excluding hydrogens is 240 g/mol. The van der Waals surface area contributed by atoms with Crippen LogP contribution in [0.5, 0.6) is 0 Å². The van der Waals surface area contributed by atoms with Crippen molar-refractivity contribution < 1.29 is 14.3 Å². The number of carbonyl (C=O) groups excluding carboxylic acids is 1. The number of methoxy groups -OCH3 is 2. The minimum Gasteiger partial charge on any atom is -0.465 e. The fourth-order valence-corrected chi connectivity index (χ4v) is 1.88. The van der Waals surface area contributed by atoms with Crippen LogP contribution in [0.25, 0.3) is 11.1 Å². The van der Waals surface area contributed by atoms with Gasteiger partial charge in [-0.3, -0.25) is 0 Å². The number of ether oxygens (including phenoxy) is 2. The Bertz CT molecular complexity index is 541. The molecule has 0 bridgehead atoms. The average Bonchev–Trinajstić information content (AvgIpc) is 2.48. The number of rotatable bonds is 4. The van der Waals surface area contributed by atoms with E-state index in [0.717, 1.165) is 16.7 Å². The van der Waals surface area contributed by atoms with E-state index in [1.165, 1.54) is 7.11 Å². The Hall–Kier alpha value is -2.13. The van der Waals surface area contributed by atoms with Crippen molar-refractivity contribution >= 4 is 5.97 Å². The lowest BCUT2D eigenvalue weighted by Crippen LogP contribution is -2.00. The molecule has 0 N–H and O–H groups in total. The van der Waals surface area contributed by atoms with Crippen LogP contribution < -0.4 is 0 Å². The second-order valence-corrected chi connectivity index (χ2v) is 4.20. The summed E-state index contributed by atoms with van der Waals surface area (Å²) in [5, 5.41) is 0. The maximum Gasteiger partial charge on any atom is 0.337 e. The molecule has 0 aromatic heterocycles. The van der Waals surface area contributed by atoms with Crippen molar-refractivity contribution in [2.24, 2.45) is 0 Å². The molecule has 0 fully saturated rings. The Morgan fingerprint density at radius 3 is 1.89 bits per heavy atom. The summed E-state index contributed by atoms with van der Waals surface area (Å²) in [7, 11) is 3.06. The van der Waals surface area contributed by atoms with Gasteiger partial charge in [-0.25, -0.2) is 4.79 Å². The monoisotopic (exact) mass is 256 g/mol. The van der Waals surface area contributed by atoms with Gasteiger partial charge in [0, 0.05) is 7.11 Å². The molecule has 98 valence electrons. The first-order valence-corrected chi connectivity index (χ1v) is 6.01. The molecule has 19 heavy (non-hydrogen) atoms. The molecule has 0 aliphatic rings.